The summed E-state index contributed by atoms with van der Waals surface area (Å²) in [5.74, 6) is -0.138. The van der Waals surface area contributed by atoms with Crippen LogP contribution in [-0.4, -0.2) is 57.6 Å². The number of pyridine rings is 2. The molecule has 13 heteroatoms. The van der Waals surface area contributed by atoms with Gasteiger partial charge in [-0.25, -0.2) is 27.5 Å². The van der Waals surface area contributed by atoms with Crippen LogP contribution < -0.4 is 19.5 Å². The number of ether oxygens (including phenoxy) is 3. The van der Waals surface area contributed by atoms with Crippen LogP contribution in [0.25, 0.3) is 11.1 Å². The van der Waals surface area contributed by atoms with Crippen molar-refractivity contribution in [1.29, 1.82) is 0 Å². The average Bonchev–Trinajstić information content (AvgIpc) is 2.83. The molecule has 0 saturated heterocycles. The first kappa shape index (κ1) is 26.4. The third kappa shape index (κ3) is 7.20. The fourth-order valence-corrected chi connectivity index (χ4v) is 4.63. The van der Waals surface area contributed by atoms with Gasteiger partial charge in [-0.15, -0.1) is 11.6 Å². The molecule has 1 aliphatic rings. The Kier molecular flexibility index (Phi) is 8.29. The van der Waals surface area contributed by atoms with Crippen LogP contribution in [0.2, 0.25) is 0 Å². The molecule has 1 amide bonds. The lowest BCUT2D eigenvalue weighted by Gasteiger charge is -2.16. The summed E-state index contributed by atoms with van der Waals surface area (Å²) >= 11 is 5.50. The van der Waals surface area contributed by atoms with Crippen molar-refractivity contribution in [2.24, 2.45) is 0 Å². The van der Waals surface area contributed by atoms with E-state index in [2.05, 4.69) is 20.0 Å². The van der Waals surface area contributed by atoms with E-state index in [1.54, 1.807) is 12.1 Å². The third-order valence-electron chi connectivity index (χ3n) is 4.92. The minimum Gasteiger partial charge on any atom is -0.493 e. The summed E-state index contributed by atoms with van der Waals surface area (Å²) in [7, 11) is -3.01. The molecule has 1 aromatic carbocycles. The van der Waals surface area contributed by atoms with Crippen LogP contribution in [0, 0.1) is 11.6 Å². The van der Waals surface area contributed by atoms with Gasteiger partial charge in [0.2, 0.25) is 5.88 Å². The first-order chi connectivity index (χ1) is 17.7. The molecule has 0 saturated carbocycles. The van der Waals surface area contributed by atoms with Crippen LogP contribution >= 0.6 is 11.6 Å². The second kappa shape index (κ2) is 11.6. The zero-order valence-corrected chi connectivity index (χ0v) is 21.2. The first-order valence-electron chi connectivity index (χ1n) is 11.1. The lowest BCUT2D eigenvalue weighted by molar-refractivity contribution is 0.160. The van der Waals surface area contributed by atoms with Gasteiger partial charge in [0, 0.05) is 41.3 Å². The maximum absolute atomic E-state index is 14.7. The Balaban J connectivity index is 1.72. The largest absolute Gasteiger partial charge is 0.493 e. The molecule has 0 spiro atoms. The average molecular weight is 553 g/mol. The normalized spacial score (nSPS) is 14.4. The molecule has 1 atom stereocenters. The van der Waals surface area contributed by atoms with Crippen molar-refractivity contribution in [3.63, 3.8) is 0 Å². The summed E-state index contributed by atoms with van der Waals surface area (Å²) < 4.78 is 60.2. The summed E-state index contributed by atoms with van der Waals surface area (Å²) in [5, 5.41) is 4.32. The number of hydrogen-bond acceptors (Lipinski definition) is 8. The molecule has 3 heterocycles. The third-order valence-corrected chi connectivity index (χ3v) is 6.37. The molecule has 0 fully saturated rings. The molecule has 2 N–H and O–H groups in total. The van der Waals surface area contributed by atoms with E-state index < -0.39 is 27.4 Å². The summed E-state index contributed by atoms with van der Waals surface area (Å²) in [6, 6.07) is 8.40. The number of amides is 1. The number of fused-ring (bicyclic) bond motifs is 6. The fourth-order valence-electron chi connectivity index (χ4n) is 3.45. The predicted molar refractivity (Wildman–Crippen MR) is 137 cm³/mol. The summed E-state index contributed by atoms with van der Waals surface area (Å²) in [5.41, 5.74) is 0.931. The van der Waals surface area contributed by atoms with Crippen LogP contribution in [0.15, 0.2) is 42.6 Å². The van der Waals surface area contributed by atoms with E-state index in [1.165, 1.54) is 35.9 Å². The Bertz CT molecular complexity index is 1430. The number of hydrogen-bond donors (Lipinski definition) is 2. The Morgan fingerprint density at radius 1 is 1.19 bits per heavy atom. The van der Waals surface area contributed by atoms with Crippen molar-refractivity contribution in [2.45, 2.75) is 6.42 Å². The van der Waals surface area contributed by atoms with E-state index in [9.17, 15) is 17.8 Å². The molecule has 196 valence electrons. The minimum atomic E-state index is -3.01. The molecule has 0 radical (unpaired) electrons. The molecule has 4 rings (SSSR count). The standard InChI is InChI=1S/C24H23ClF2N4O5S/c1-37(33,31-24(32)36-8-5-25)14-15-9-22-29-21-12-18(19(27)13-28-21)17-4-3-16(26)11-20(17)34-6-2-7-35-23(10-15)30-22/h3-4,9-14H,2,5-8H2,1H3,(H,28,29,30)(H,31,32,33). The second-order valence-corrected chi connectivity index (χ2v) is 10.6. The number of carbonyl (C=O) groups is 1. The number of aromatic nitrogens is 2. The maximum atomic E-state index is 14.7. The van der Waals surface area contributed by atoms with Gasteiger partial charge in [0.25, 0.3) is 0 Å². The van der Waals surface area contributed by atoms with Crippen LogP contribution in [0.3, 0.4) is 0 Å². The highest BCUT2D eigenvalue weighted by molar-refractivity contribution is 7.99. The quantitative estimate of drug-likeness (QED) is 0.364. The number of rotatable bonds is 4. The van der Waals surface area contributed by atoms with E-state index in [-0.39, 0.29) is 54.5 Å². The topological polar surface area (TPSA) is 112 Å². The Hall–Kier alpha value is -3.64. The van der Waals surface area contributed by atoms with Gasteiger partial charge in [-0.1, -0.05) is 0 Å². The number of halogens is 3. The van der Waals surface area contributed by atoms with Gasteiger partial charge in [0.05, 0.1) is 35.0 Å². The molecule has 3 aromatic rings. The van der Waals surface area contributed by atoms with Crippen LogP contribution in [-0.2, 0) is 14.4 Å². The number of alkyl halides is 1. The smallest absolute Gasteiger partial charge is 0.418 e. The van der Waals surface area contributed by atoms with Gasteiger partial charge in [0.15, 0.2) is 0 Å². The first-order valence-corrected chi connectivity index (χ1v) is 13.6. The lowest BCUT2D eigenvalue weighted by Crippen LogP contribution is -2.32. The number of anilines is 2. The van der Waals surface area contributed by atoms with Crippen molar-refractivity contribution in [3.05, 3.63) is 59.8 Å². The zero-order valence-electron chi connectivity index (χ0n) is 19.6. The molecule has 0 aliphatic carbocycles. The van der Waals surface area contributed by atoms with E-state index >= 15 is 0 Å². The molecular formula is C24H23ClF2N4O5S. The monoisotopic (exact) mass is 552 g/mol. The highest BCUT2D eigenvalue weighted by Crippen LogP contribution is 2.34. The molecule has 37 heavy (non-hydrogen) atoms. The van der Waals surface area contributed by atoms with Gasteiger partial charge < -0.3 is 19.5 Å². The Labute approximate surface area is 217 Å². The highest BCUT2D eigenvalue weighted by Gasteiger charge is 2.16. The molecule has 9 nitrogen and oxygen atoms in total. The van der Waals surface area contributed by atoms with Crippen LogP contribution in [0.5, 0.6) is 11.6 Å². The second-order valence-electron chi connectivity index (χ2n) is 7.94. The molecule has 1 unspecified atom stereocenters. The van der Waals surface area contributed by atoms with Crippen LogP contribution in [0.4, 0.5) is 25.2 Å². The Morgan fingerprint density at radius 2 is 2.00 bits per heavy atom. The van der Waals surface area contributed by atoms with Gasteiger partial charge in [-0.05, 0) is 29.8 Å². The van der Waals surface area contributed by atoms with E-state index in [0.29, 0.717) is 17.5 Å². The van der Waals surface area contributed by atoms with Gasteiger partial charge in [-0.2, -0.15) is 4.98 Å². The van der Waals surface area contributed by atoms with E-state index in [0.717, 1.165) is 6.20 Å². The van der Waals surface area contributed by atoms with Crippen molar-refractivity contribution < 1.29 is 32.0 Å². The molecule has 4 bridgehead atoms. The predicted octanol–water partition coefficient (Wildman–Crippen LogP) is 4.27. The lowest BCUT2D eigenvalue weighted by atomic mass is 10.0. The molecule has 2 aromatic heterocycles. The number of benzene rings is 1. The Morgan fingerprint density at radius 3 is 2.81 bits per heavy atom. The maximum Gasteiger partial charge on any atom is 0.418 e. The number of nitrogens with zero attached hydrogens (tertiary/aromatic N) is 2. The summed E-state index contributed by atoms with van der Waals surface area (Å²) in [4.78, 5) is 20.3. The summed E-state index contributed by atoms with van der Waals surface area (Å²) in [6.07, 6.45) is 1.90. The summed E-state index contributed by atoms with van der Waals surface area (Å²) in [6.45, 7) is 0.340. The van der Waals surface area contributed by atoms with Gasteiger partial charge in [0.1, 0.15) is 35.6 Å². The van der Waals surface area contributed by atoms with Gasteiger partial charge in [-0.3, -0.25) is 0 Å². The molecular weight excluding hydrogens is 530 g/mol. The van der Waals surface area contributed by atoms with Crippen molar-refractivity contribution in [3.8, 4) is 22.8 Å². The SMILES string of the molecule is CS(=O)(=Cc1cc2nc(c1)OCCCOc1cc(F)ccc1-c1cc(ncc1F)N2)NC(=O)OCCCl. The minimum absolute atomic E-state index is 0.0278. The van der Waals surface area contributed by atoms with E-state index in [4.69, 9.17) is 25.8 Å². The highest BCUT2D eigenvalue weighted by atomic mass is 35.5. The van der Waals surface area contributed by atoms with Crippen molar-refractivity contribution in [1.82, 2.24) is 14.7 Å². The fraction of sp³-hybridized carbons (Fsp3) is 0.250. The number of nitrogens with one attached hydrogen (secondary N) is 2. The van der Waals surface area contributed by atoms with Crippen LogP contribution in [0.1, 0.15) is 12.0 Å². The van der Waals surface area contributed by atoms with E-state index in [1.807, 2.05) is 0 Å². The van der Waals surface area contributed by atoms with Crippen molar-refractivity contribution >= 4 is 44.4 Å². The zero-order chi connectivity index (χ0) is 26.4. The number of carbonyl (C=O) groups excluding carboxylic acids is 1. The molecule has 1 aliphatic heterocycles. The van der Waals surface area contributed by atoms with Crippen molar-refractivity contribution in [2.75, 3.05) is 37.3 Å². The van der Waals surface area contributed by atoms with Gasteiger partial charge >= 0.3 is 6.09 Å².